The van der Waals surface area contributed by atoms with E-state index in [2.05, 4.69) is 20.6 Å². The molecule has 3 N–H and O–H groups in total. The fraction of sp³-hybridized carbons (Fsp3) is 0. The van der Waals surface area contributed by atoms with Crippen molar-refractivity contribution in [2.24, 2.45) is 5.84 Å². The van der Waals surface area contributed by atoms with Crippen LogP contribution in [-0.2, 0) is 0 Å². The van der Waals surface area contributed by atoms with E-state index in [0.29, 0.717) is 11.0 Å². The van der Waals surface area contributed by atoms with Gasteiger partial charge in [0.15, 0.2) is 11.0 Å². The molecule has 0 aromatic carbocycles. The van der Waals surface area contributed by atoms with E-state index in [1.807, 2.05) is 0 Å². The lowest BCUT2D eigenvalue weighted by Crippen LogP contribution is -2.09. The summed E-state index contributed by atoms with van der Waals surface area (Å²) in [6.07, 6.45) is 3.27. The van der Waals surface area contributed by atoms with Crippen molar-refractivity contribution in [1.29, 1.82) is 0 Å². The van der Waals surface area contributed by atoms with Gasteiger partial charge < -0.3 is 5.43 Å². The predicted molar refractivity (Wildman–Crippen MR) is 50.2 cm³/mol. The van der Waals surface area contributed by atoms with E-state index in [-0.39, 0.29) is 0 Å². The van der Waals surface area contributed by atoms with Crippen LogP contribution >= 0.6 is 11.6 Å². The average molecular weight is 196 g/mol. The Balaban J connectivity index is 2.84. The minimum atomic E-state index is 0.344. The Labute approximate surface area is 78.9 Å². The Hall–Kier alpha value is -1.46. The van der Waals surface area contributed by atoms with E-state index in [9.17, 15) is 0 Å². The van der Waals surface area contributed by atoms with Gasteiger partial charge in [-0.3, -0.25) is 4.98 Å². The number of nitrogens with one attached hydrogen (secondary N) is 1. The Morgan fingerprint density at radius 2 is 2.15 bits per heavy atom. The number of halogens is 1. The van der Waals surface area contributed by atoms with Gasteiger partial charge in [-0.05, 0) is 6.07 Å². The summed E-state index contributed by atoms with van der Waals surface area (Å²) in [5.74, 6) is 5.71. The van der Waals surface area contributed by atoms with Gasteiger partial charge in [0.1, 0.15) is 0 Å². The molecule has 0 unspecified atom stereocenters. The second-order valence-corrected chi connectivity index (χ2v) is 2.76. The molecule has 0 amide bonds. The van der Waals surface area contributed by atoms with Crippen LogP contribution in [0.25, 0.3) is 10.8 Å². The van der Waals surface area contributed by atoms with Crippen LogP contribution in [0.2, 0.25) is 5.15 Å². The molecule has 2 aromatic heterocycles. The molecule has 66 valence electrons. The molecule has 0 aliphatic carbocycles. The van der Waals surface area contributed by atoms with Crippen LogP contribution in [0.4, 0.5) is 5.82 Å². The monoisotopic (exact) mass is 195 g/mol. The second kappa shape index (κ2) is 3.12. The lowest BCUT2D eigenvalue weighted by molar-refractivity contribution is 1.04. The molecule has 0 saturated heterocycles. The van der Waals surface area contributed by atoms with E-state index in [1.165, 1.54) is 0 Å². The number of nitrogens with zero attached hydrogens (tertiary/aromatic N) is 3. The maximum Gasteiger partial charge on any atom is 0.172 e. The first kappa shape index (κ1) is 8.15. The van der Waals surface area contributed by atoms with Gasteiger partial charge in [0.25, 0.3) is 0 Å². The molecule has 0 fully saturated rings. The number of nitrogen functional groups attached to an aromatic ring is 1. The van der Waals surface area contributed by atoms with Crippen LogP contribution in [0, 0.1) is 0 Å². The normalized spacial score (nSPS) is 10.3. The number of hydrogen-bond donors (Lipinski definition) is 2. The van der Waals surface area contributed by atoms with Crippen LogP contribution in [0.15, 0.2) is 18.5 Å². The van der Waals surface area contributed by atoms with E-state index in [0.717, 1.165) is 10.8 Å². The summed E-state index contributed by atoms with van der Waals surface area (Å²) in [7, 11) is 0. The van der Waals surface area contributed by atoms with Gasteiger partial charge in [0.05, 0.1) is 0 Å². The molecule has 0 spiro atoms. The fourth-order valence-electron chi connectivity index (χ4n) is 1.07. The van der Waals surface area contributed by atoms with Crippen LogP contribution in [0.5, 0.6) is 0 Å². The minimum Gasteiger partial charge on any atom is -0.306 e. The number of aromatic nitrogens is 3. The highest BCUT2D eigenvalue weighted by atomic mass is 35.5. The van der Waals surface area contributed by atoms with Crippen LogP contribution in [0.3, 0.4) is 0 Å². The molecule has 13 heavy (non-hydrogen) atoms. The van der Waals surface area contributed by atoms with Gasteiger partial charge in [-0.25, -0.2) is 5.84 Å². The molecule has 0 radical (unpaired) electrons. The molecule has 6 heteroatoms. The lowest BCUT2D eigenvalue weighted by atomic mass is 10.2. The number of hydrazine groups is 1. The Kier molecular flexibility index (Phi) is 1.96. The highest BCUT2D eigenvalue weighted by Gasteiger charge is 2.05. The molecule has 0 saturated carbocycles. The third-order valence-electron chi connectivity index (χ3n) is 1.67. The van der Waals surface area contributed by atoms with Crippen molar-refractivity contribution in [3.63, 3.8) is 0 Å². The van der Waals surface area contributed by atoms with Crippen molar-refractivity contribution in [3.05, 3.63) is 23.6 Å². The highest BCUT2D eigenvalue weighted by molar-refractivity contribution is 6.34. The third kappa shape index (κ3) is 1.28. The van der Waals surface area contributed by atoms with Crippen LogP contribution < -0.4 is 11.3 Å². The van der Waals surface area contributed by atoms with Crippen LogP contribution in [-0.4, -0.2) is 15.2 Å². The van der Waals surface area contributed by atoms with Crippen molar-refractivity contribution in [2.45, 2.75) is 0 Å². The molecule has 2 heterocycles. The Morgan fingerprint density at radius 1 is 1.31 bits per heavy atom. The summed E-state index contributed by atoms with van der Waals surface area (Å²) in [6, 6.07) is 1.76. The first-order valence-electron chi connectivity index (χ1n) is 3.55. The quantitative estimate of drug-likeness (QED) is 0.524. The topological polar surface area (TPSA) is 76.7 Å². The van der Waals surface area contributed by atoms with Gasteiger partial charge >= 0.3 is 0 Å². The smallest absolute Gasteiger partial charge is 0.172 e. The first-order chi connectivity index (χ1) is 6.33. The molecular formula is C7H6ClN5. The Morgan fingerprint density at radius 3 is 2.92 bits per heavy atom. The first-order valence-corrected chi connectivity index (χ1v) is 3.93. The number of hydrogen-bond acceptors (Lipinski definition) is 5. The van der Waals surface area contributed by atoms with E-state index in [1.54, 1.807) is 18.5 Å². The van der Waals surface area contributed by atoms with Crippen molar-refractivity contribution in [1.82, 2.24) is 15.2 Å². The zero-order valence-electron chi connectivity index (χ0n) is 6.53. The van der Waals surface area contributed by atoms with Crippen LogP contribution in [0.1, 0.15) is 0 Å². The SMILES string of the molecule is NNc1nnc(Cl)c2ccncc12. The molecular weight excluding hydrogens is 190 g/mol. The third-order valence-corrected chi connectivity index (χ3v) is 1.95. The molecule has 0 atom stereocenters. The molecule has 5 nitrogen and oxygen atoms in total. The summed E-state index contributed by atoms with van der Waals surface area (Å²) >= 11 is 5.82. The highest BCUT2D eigenvalue weighted by Crippen LogP contribution is 2.23. The number of anilines is 1. The van der Waals surface area contributed by atoms with Gasteiger partial charge in [-0.15, -0.1) is 10.2 Å². The maximum absolute atomic E-state index is 5.82. The van der Waals surface area contributed by atoms with Gasteiger partial charge in [-0.1, -0.05) is 11.6 Å². The average Bonchev–Trinajstić information content (AvgIpc) is 2.19. The summed E-state index contributed by atoms with van der Waals surface area (Å²) in [5, 5.41) is 9.37. The van der Waals surface area contributed by atoms with Gasteiger partial charge in [-0.2, -0.15) is 0 Å². The number of rotatable bonds is 1. The molecule has 2 aromatic rings. The predicted octanol–water partition coefficient (Wildman–Crippen LogP) is 0.964. The van der Waals surface area contributed by atoms with Gasteiger partial charge in [0, 0.05) is 23.2 Å². The second-order valence-electron chi connectivity index (χ2n) is 2.41. The standard InChI is InChI=1S/C7H6ClN5/c8-6-4-1-2-10-3-5(4)7(11-9)13-12-6/h1-3H,9H2,(H,11,13). The van der Waals surface area contributed by atoms with Crippen molar-refractivity contribution >= 4 is 28.2 Å². The Bertz CT molecular complexity index is 444. The summed E-state index contributed by atoms with van der Waals surface area (Å²) in [5.41, 5.74) is 2.42. The van der Waals surface area contributed by atoms with Crippen molar-refractivity contribution in [2.75, 3.05) is 5.43 Å². The number of pyridine rings is 1. The van der Waals surface area contributed by atoms with Gasteiger partial charge in [0.2, 0.25) is 0 Å². The molecule has 0 aliphatic rings. The summed E-state index contributed by atoms with van der Waals surface area (Å²) in [4.78, 5) is 3.94. The molecule has 2 rings (SSSR count). The molecule has 0 bridgehead atoms. The van der Waals surface area contributed by atoms with Crippen molar-refractivity contribution in [3.8, 4) is 0 Å². The zero-order chi connectivity index (χ0) is 9.26. The number of fused-ring (bicyclic) bond motifs is 1. The van der Waals surface area contributed by atoms with E-state index >= 15 is 0 Å². The molecule has 0 aliphatic heterocycles. The fourth-order valence-corrected chi connectivity index (χ4v) is 1.27. The van der Waals surface area contributed by atoms with Crippen molar-refractivity contribution < 1.29 is 0 Å². The van der Waals surface area contributed by atoms with E-state index in [4.69, 9.17) is 17.4 Å². The minimum absolute atomic E-state index is 0.344. The maximum atomic E-state index is 5.82. The summed E-state index contributed by atoms with van der Waals surface area (Å²) in [6.45, 7) is 0. The number of nitrogens with two attached hydrogens (primary N) is 1. The zero-order valence-corrected chi connectivity index (χ0v) is 7.28. The van der Waals surface area contributed by atoms with E-state index < -0.39 is 0 Å². The lowest BCUT2D eigenvalue weighted by Gasteiger charge is -2.02. The summed E-state index contributed by atoms with van der Waals surface area (Å²) < 4.78 is 0. The largest absolute Gasteiger partial charge is 0.306 e.